The highest BCUT2D eigenvalue weighted by Gasteiger charge is 2.36. The van der Waals surface area contributed by atoms with E-state index in [-0.39, 0.29) is 38.5 Å². The van der Waals surface area contributed by atoms with Crippen LogP contribution >= 0.6 is 8.60 Å². The van der Waals surface area contributed by atoms with Gasteiger partial charge in [-0.05, 0) is 84.3 Å². The second kappa shape index (κ2) is 27.0. The molecule has 0 fully saturated rings. The topological polar surface area (TPSA) is 65.0 Å². The van der Waals surface area contributed by atoms with Crippen LogP contribution in [0.1, 0.15) is 297 Å². The maximum atomic E-state index is 13.1. The molecule has 0 aliphatic carbocycles. The molecule has 70 heavy (non-hydrogen) atoms. The van der Waals surface area contributed by atoms with Crippen LogP contribution in [0.3, 0.4) is 0 Å². The molecule has 1 unspecified atom stereocenters. The Morgan fingerprint density at radius 1 is 0.486 bits per heavy atom. The third kappa shape index (κ3) is 20.3. The summed E-state index contributed by atoms with van der Waals surface area (Å²) in [6.45, 7) is 42.9. The average molecular weight is 986 g/mol. The van der Waals surface area contributed by atoms with Gasteiger partial charge in [0.15, 0.2) is 0 Å². The Labute approximate surface area is 432 Å². The maximum Gasteiger partial charge on any atom is 0.395 e. The Morgan fingerprint density at radius 2 is 0.843 bits per heavy atom. The van der Waals surface area contributed by atoms with Gasteiger partial charge in [0.25, 0.3) is 0 Å². The van der Waals surface area contributed by atoms with Gasteiger partial charge in [-0.1, -0.05) is 276 Å². The zero-order chi connectivity index (χ0) is 52.7. The molecule has 6 heteroatoms. The highest BCUT2D eigenvalue weighted by atomic mass is 31.2. The summed E-state index contributed by atoms with van der Waals surface area (Å²) in [5.74, 6) is 0.505. The molecule has 396 valence electrons. The van der Waals surface area contributed by atoms with Gasteiger partial charge < -0.3 is 14.2 Å². The van der Waals surface area contributed by atoms with Crippen molar-refractivity contribution in [3.8, 4) is 5.75 Å². The van der Waals surface area contributed by atoms with E-state index in [0.717, 1.165) is 40.7 Å². The fourth-order valence-electron chi connectivity index (χ4n) is 9.47. The van der Waals surface area contributed by atoms with Crippen molar-refractivity contribution in [3.05, 3.63) is 98.6 Å². The number of ether oxygens (including phenoxy) is 1. The van der Waals surface area contributed by atoms with Crippen LogP contribution in [0.2, 0.25) is 0 Å². The number of aryl methyl sites for hydroxylation is 1. The van der Waals surface area contributed by atoms with Gasteiger partial charge in [0.1, 0.15) is 11.9 Å². The Hall–Kier alpha value is -2.72. The lowest BCUT2D eigenvalue weighted by molar-refractivity contribution is -0.143. The number of carbonyl (C=O) groups is 1. The van der Waals surface area contributed by atoms with Crippen LogP contribution in [0.15, 0.2) is 48.5 Å². The SMILES string of the molecule is CCCCCCCCCCCCCCCCCCOC(=O)CCc1cc(C(C)(C)C)c(OP(O)OC(c2ccc(C(C)(C)C)cc2C(C)(C)C)c2ccc(C(C)(C)C)cc2C(C)(C)C)c(C(C)(C)C)c1. The fourth-order valence-corrected chi connectivity index (χ4v) is 10.3. The van der Waals surface area contributed by atoms with E-state index in [1.807, 2.05) is 0 Å². The largest absolute Gasteiger partial charge is 0.466 e. The molecule has 1 N–H and O–H groups in total. The summed E-state index contributed by atoms with van der Waals surface area (Å²) in [5, 5.41) is 0. The zero-order valence-electron chi connectivity index (χ0n) is 48.7. The molecule has 0 aliphatic heterocycles. The number of hydrogen-bond acceptors (Lipinski definition) is 5. The smallest absolute Gasteiger partial charge is 0.395 e. The summed E-state index contributed by atoms with van der Waals surface area (Å²) < 4.78 is 19.6. The first kappa shape index (κ1) is 61.6. The van der Waals surface area contributed by atoms with E-state index >= 15 is 0 Å². The van der Waals surface area contributed by atoms with E-state index in [0.29, 0.717) is 25.2 Å². The summed E-state index contributed by atoms with van der Waals surface area (Å²) in [4.78, 5) is 25.5. The summed E-state index contributed by atoms with van der Waals surface area (Å²) in [6.07, 6.45) is 21.4. The minimum Gasteiger partial charge on any atom is -0.466 e. The van der Waals surface area contributed by atoms with E-state index in [1.165, 1.54) is 112 Å². The predicted octanol–water partition coefficient (Wildman–Crippen LogP) is 19.6. The van der Waals surface area contributed by atoms with Crippen molar-refractivity contribution in [2.24, 2.45) is 0 Å². The quantitative estimate of drug-likeness (QED) is 0.0493. The lowest BCUT2D eigenvalue weighted by Crippen LogP contribution is -2.24. The molecule has 0 saturated heterocycles. The highest BCUT2D eigenvalue weighted by Crippen LogP contribution is 2.52. The number of unbranched alkanes of at least 4 members (excludes halogenated alkanes) is 15. The van der Waals surface area contributed by atoms with Crippen LogP contribution in [0.25, 0.3) is 0 Å². The van der Waals surface area contributed by atoms with E-state index in [9.17, 15) is 9.69 Å². The van der Waals surface area contributed by atoms with Gasteiger partial charge in [0.2, 0.25) is 0 Å². The van der Waals surface area contributed by atoms with E-state index in [1.54, 1.807) is 0 Å². The van der Waals surface area contributed by atoms with Crippen molar-refractivity contribution >= 4 is 14.6 Å². The van der Waals surface area contributed by atoms with E-state index < -0.39 is 14.7 Å². The molecular weight excluding hydrogens is 880 g/mol. The molecule has 5 nitrogen and oxygen atoms in total. The fraction of sp³-hybridized carbons (Fsp3) is 0.703. The Balaban J connectivity index is 1.81. The zero-order valence-corrected chi connectivity index (χ0v) is 49.6. The summed E-state index contributed by atoms with van der Waals surface area (Å²) in [7, 11) is -2.45. The Kier molecular flexibility index (Phi) is 23.8. The van der Waals surface area contributed by atoms with E-state index in [4.69, 9.17) is 13.8 Å². The molecule has 0 aromatic heterocycles. The van der Waals surface area contributed by atoms with Crippen LogP contribution in [0, 0.1) is 0 Å². The number of rotatable bonds is 26. The molecule has 0 amide bonds. The lowest BCUT2D eigenvalue weighted by Gasteiger charge is -2.35. The van der Waals surface area contributed by atoms with Gasteiger partial charge in [-0.25, -0.2) is 0 Å². The first-order valence-electron chi connectivity index (χ1n) is 27.8. The summed E-state index contributed by atoms with van der Waals surface area (Å²) >= 11 is 0. The standard InChI is InChI=1S/C64H105O5P/c1-20-21-22-23-24-25-26-27-28-29-30-31-32-33-34-35-42-67-56(65)41-36-47-43-54(63(14,15)16)58(55(44-47)64(17,18)19)69-70(66)68-57(50-39-37-48(59(2,3)4)45-52(50)61(8,9)10)51-40-38-49(60(5,6)7)46-53(51)62(11,12)13/h37-40,43-46,57,66H,20-36,41-42H2,1-19H3. The van der Waals surface area contributed by atoms with Crippen molar-refractivity contribution in [1.29, 1.82) is 0 Å². The van der Waals surface area contributed by atoms with Crippen molar-refractivity contribution < 1.29 is 23.5 Å². The summed E-state index contributed by atoms with van der Waals surface area (Å²) in [5.41, 5.74) is 8.79. The predicted molar refractivity (Wildman–Crippen MR) is 303 cm³/mol. The third-order valence-corrected chi connectivity index (χ3v) is 14.8. The highest BCUT2D eigenvalue weighted by molar-refractivity contribution is 7.41. The van der Waals surface area contributed by atoms with Crippen molar-refractivity contribution in [2.45, 2.75) is 286 Å². The number of hydrogen-bond donors (Lipinski definition) is 1. The maximum absolute atomic E-state index is 13.1. The van der Waals surface area contributed by atoms with Crippen LogP contribution in [0.4, 0.5) is 0 Å². The van der Waals surface area contributed by atoms with Crippen LogP contribution < -0.4 is 4.52 Å². The number of carbonyl (C=O) groups excluding carboxylic acids is 1. The van der Waals surface area contributed by atoms with Crippen molar-refractivity contribution in [3.63, 3.8) is 0 Å². The van der Waals surface area contributed by atoms with Gasteiger partial charge in [0, 0.05) is 17.5 Å². The first-order valence-corrected chi connectivity index (χ1v) is 29.0. The second-order valence-electron chi connectivity index (χ2n) is 27.0. The van der Waals surface area contributed by atoms with Crippen LogP contribution in [-0.2, 0) is 53.0 Å². The van der Waals surface area contributed by atoms with Crippen molar-refractivity contribution in [1.82, 2.24) is 0 Å². The molecule has 0 bridgehead atoms. The minimum atomic E-state index is -2.45. The first-order chi connectivity index (χ1) is 32.4. The molecule has 0 aliphatic rings. The number of benzene rings is 3. The lowest BCUT2D eigenvalue weighted by atomic mass is 9.74. The van der Waals surface area contributed by atoms with Crippen molar-refractivity contribution in [2.75, 3.05) is 6.61 Å². The summed E-state index contributed by atoms with van der Waals surface area (Å²) in [6, 6.07) is 17.9. The molecule has 3 rings (SSSR count). The average Bonchev–Trinajstić information content (AvgIpc) is 3.23. The van der Waals surface area contributed by atoms with Gasteiger partial charge in [0.05, 0.1) is 6.61 Å². The molecule has 3 aromatic rings. The van der Waals surface area contributed by atoms with Gasteiger partial charge in [-0.2, -0.15) is 0 Å². The Bertz CT molecular complexity index is 1930. The molecular formula is C64H105O5P. The molecule has 3 aromatic carbocycles. The molecule has 0 spiro atoms. The van der Waals surface area contributed by atoms with Crippen LogP contribution in [-0.4, -0.2) is 17.5 Å². The number of esters is 1. The monoisotopic (exact) mass is 985 g/mol. The van der Waals surface area contributed by atoms with E-state index in [2.05, 4.69) is 180 Å². The molecule has 0 radical (unpaired) electrons. The normalized spacial score (nSPS) is 13.6. The molecule has 0 saturated carbocycles. The third-order valence-electron chi connectivity index (χ3n) is 14.0. The Morgan fingerprint density at radius 3 is 1.19 bits per heavy atom. The van der Waals surface area contributed by atoms with Gasteiger partial charge in [-0.15, -0.1) is 0 Å². The minimum absolute atomic E-state index is 0.0448. The molecule has 0 heterocycles. The molecule has 1 atom stereocenters. The van der Waals surface area contributed by atoms with Crippen LogP contribution in [0.5, 0.6) is 5.75 Å². The van der Waals surface area contributed by atoms with Gasteiger partial charge in [-0.3, -0.25) is 9.32 Å². The second-order valence-corrected chi connectivity index (χ2v) is 27.8. The van der Waals surface area contributed by atoms with Gasteiger partial charge >= 0.3 is 14.6 Å².